The van der Waals surface area contributed by atoms with E-state index in [0.29, 0.717) is 15.6 Å². The van der Waals surface area contributed by atoms with Gasteiger partial charge in [-0.15, -0.1) is 0 Å². The molecule has 2 aromatic carbocycles. The van der Waals surface area contributed by atoms with Crippen molar-refractivity contribution in [3.05, 3.63) is 58.3 Å². The Morgan fingerprint density at radius 2 is 1.44 bits per heavy atom. The highest BCUT2D eigenvalue weighted by Gasteiger charge is 2.12. The summed E-state index contributed by atoms with van der Waals surface area (Å²) in [6, 6.07) is 8.89. The summed E-state index contributed by atoms with van der Waals surface area (Å²) in [6.45, 7) is 0. The van der Waals surface area contributed by atoms with Gasteiger partial charge in [0.05, 0.1) is 0 Å². The lowest BCUT2D eigenvalue weighted by molar-refractivity contribution is 0.447. The van der Waals surface area contributed by atoms with Crippen LogP contribution in [0.4, 0.5) is 13.2 Å². The quantitative estimate of drug-likeness (QED) is 0.676. The lowest BCUT2D eigenvalue weighted by Gasteiger charge is -2.05. The van der Waals surface area contributed by atoms with Crippen LogP contribution in [0.15, 0.2) is 40.9 Å². The summed E-state index contributed by atoms with van der Waals surface area (Å²) in [5.41, 5.74) is 0.907. The maximum atomic E-state index is 13.0. The second-order valence-electron chi connectivity index (χ2n) is 3.23. The molecule has 0 fully saturated rings. The summed E-state index contributed by atoms with van der Waals surface area (Å²) in [5.74, 6) is -3.83. The van der Waals surface area contributed by atoms with Gasteiger partial charge >= 0.3 is 0 Å². The van der Waals surface area contributed by atoms with Gasteiger partial charge in [0.15, 0.2) is 17.5 Å². The van der Waals surface area contributed by atoms with Crippen molar-refractivity contribution in [1.29, 1.82) is 0 Å². The monoisotopic (exact) mass is 286 g/mol. The van der Waals surface area contributed by atoms with Crippen molar-refractivity contribution in [3.63, 3.8) is 0 Å². The average Bonchev–Trinajstić information content (AvgIpc) is 2.26. The van der Waals surface area contributed by atoms with Crippen LogP contribution in [0.2, 0.25) is 0 Å². The molecule has 0 bridgehead atoms. The fraction of sp³-hybridized carbons (Fsp3) is 0. The lowest BCUT2D eigenvalue weighted by atomic mass is 10.1. The zero-order chi connectivity index (χ0) is 11.7. The molecule has 0 aliphatic carbocycles. The van der Waals surface area contributed by atoms with E-state index in [4.69, 9.17) is 0 Å². The Bertz CT molecular complexity index is 515. The van der Waals surface area contributed by atoms with E-state index < -0.39 is 17.5 Å². The second-order valence-corrected chi connectivity index (χ2v) is 4.09. The summed E-state index contributed by atoms with van der Waals surface area (Å²) in [4.78, 5) is 0. The molecule has 0 N–H and O–H groups in total. The number of halogens is 4. The number of rotatable bonds is 1. The molecule has 16 heavy (non-hydrogen) atoms. The average molecular weight is 287 g/mol. The molecule has 2 rings (SSSR count). The first-order valence-electron chi connectivity index (χ1n) is 4.49. The predicted molar refractivity (Wildman–Crippen MR) is 59.5 cm³/mol. The summed E-state index contributed by atoms with van der Waals surface area (Å²) in [5, 5.41) is 0. The summed E-state index contributed by atoms with van der Waals surface area (Å²) >= 11 is 3.26. The zero-order valence-electron chi connectivity index (χ0n) is 7.98. The smallest absolute Gasteiger partial charge is 0.194 e. The molecule has 0 aliphatic heterocycles. The first kappa shape index (κ1) is 11.2. The molecule has 0 nitrogen and oxygen atoms in total. The zero-order valence-corrected chi connectivity index (χ0v) is 9.56. The first-order chi connectivity index (χ1) is 7.59. The molecule has 0 saturated carbocycles. The fourth-order valence-electron chi connectivity index (χ4n) is 1.41. The van der Waals surface area contributed by atoms with Crippen molar-refractivity contribution < 1.29 is 13.2 Å². The Labute approximate surface area is 98.9 Å². The second kappa shape index (κ2) is 4.29. The van der Waals surface area contributed by atoms with E-state index in [1.807, 2.05) is 0 Å². The van der Waals surface area contributed by atoms with E-state index in [1.54, 1.807) is 24.3 Å². The Balaban J connectivity index is 2.62. The summed E-state index contributed by atoms with van der Waals surface area (Å²) < 4.78 is 39.5. The van der Waals surface area contributed by atoms with Crippen LogP contribution < -0.4 is 0 Å². The number of hydrogen-bond donors (Lipinski definition) is 0. The molecule has 0 aliphatic rings. The molecule has 82 valence electrons. The molecule has 0 radical (unpaired) electrons. The van der Waals surface area contributed by atoms with Crippen LogP contribution in [0.1, 0.15) is 0 Å². The molecule has 4 heteroatoms. The largest absolute Gasteiger partial charge is 0.204 e. The third-order valence-electron chi connectivity index (χ3n) is 2.17. The van der Waals surface area contributed by atoms with Gasteiger partial charge in [0, 0.05) is 4.47 Å². The van der Waals surface area contributed by atoms with Crippen molar-refractivity contribution in [2.75, 3.05) is 0 Å². The Kier molecular flexibility index (Phi) is 3.01. The van der Waals surface area contributed by atoms with Crippen molar-refractivity contribution in [2.45, 2.75) is 0 Å². The van der Waals surface area contributed by atoms with Crippen LogP contribution in [0.5, 0.6) is 0 Å². The van der Waals surface area contributed by atoms with Gasteiger partial charge < -0.3 is 0 Å². The third kappa shape index (κ3) is 1.97. The van der Waals surface area contributed by atoms with Crippen LogP contribution in [-0.2, 0) is 0 Å². The van der Waals surface area contributed by atoms with Gasteiger partial charge in [0.1, 0.15) is 0 Å². The van der Waals surface area contributed by atoms with Crippen molar-refractivity contribution in [3.8, 4) is 11.1 Å². The van der Waals surface area contributed by atoms with Gasteiger partial charge in [-0.25, -0.2) is 13.2 Å². The molecule has 0 spiro atoms. The molecule has 0 amide bonds. The molecule has 0 saturated heterocycles. The van der Waals surface area contributed by atoms with E-state index in [0.717, 1.165) is 12.1 Å². The Morgan fingerprint density at radius 1 is 0.875 bits per heavy atom. The van der Waals surface area contributed by atoms with E-state index in [1.165, 1.54) is 0 Å². The lowest BCUT2D eigenvalue weighted by Crippen LogP contribution is -1.92. The van der Waals surface area contributed by atoms with Gasteiger partial charge in [-0.3, -0.25) is 0 Å². The predicted octanol–water partition coefficient (Wildman–Crippen LogP) is 4.53. The van der Waals surface area contributed by atoms with Crippen LogP contribution >= 0.6 is 15.9 Å². The van der Waals surface area contributed by atoms with Gasteiger partial charge in [-0.1, -0.05) is 34.1 Å². The van der Waals surface area contributed by atoms with E-state index in [9.17, 15) is 13.2 Å². The topological polar surface area (TPSA) is 0 Å². The Hall–Kier alpha value is -1.29. The highest BCUT2D eigenvalue weighted by atomic mass is 79.9. The number of hydrogen-bond acceptors (Lipinski definition) is 0. The third-order valence-corrected chi connectivity index (χ3v) is 2.86. The maximum Gasteiger partial charge on any atom is 0.194 e. The molecule has 0 heterocycles. The molecular weight excluding hydrogens is 281 g/mol. The van der Waals surface area contributed by atoms with Crippen LogP contribution in [0, 0.1) is 17.5 Å². The van der Waals surface area contributed by atoms with E-state index >= 15 is 0 Å². The SMILES string of the molecule is Fc1cc(-c2ccccc2Br)cc(F)c1F. The maximum absolute atomic E-state index is 13.0. The van der Waals surface area contributed by atoms with Gasteiger partial charge in [0.2, 0.25) is 0 Å². The minimum Gasteiger partial charge on any atom is -0.204 e. The molecule has 0 atom stereocenters. The van der Waals surface area contributed by atoms with E-state index in [-0.39, 0.29) is 0 Å². The highest BCUT2D eigenvalue weighted by molar-refractivity contribution is 9.10. The van der Waals surface area contributed by atoms with Crippen LogP contribution in [-0.4, -0.2) is 0 Å². The normalized spacial score (nSPS) is 10.5. The molecule has 2 aromatic rings. The highest BCUT2D eigenvalue weighted by Crippen LogP contribution is 2.29. The minimum atomic E-state index is -1.45. The van der Waals surface area contributed by atoms with Gasteiger partial charge in [-0.05, 0) is 29.3 Å². The van der Waals surface area contributed by atoms with Crippen LogP contribution in [0.25, 0.3) is 11.1 Å². The molecular formula is C12H6BrF3. The minimum absolute atomic E-state index is 0.295. The van der Waals surface area contributed by atoms with Crippen LogP contribution in [0.3, 0.4) is 0 Å². The van der Waals surface area contributed by atoms with Crippen molar-refractivity contribution >= 4 is 15.9 Å². The van der Waals surface area contributed by atoms with E-state index in [2.05, 4.69) is 15.9 Å². The summed E-state index contributed by atoms with van der Waals surface area (Å²) in [6.07, 6.45) is 0. The van der Waals surface area contributed by atoms with Crippen molar-refractivity contribution in [1.82, 2.24) is 0 Å². The summed E-state index contributed by atoms with van der Waals surface area (Å²) in [7, 11) is 0. The number of benzene rings is 2. The molecule has 0 aromatic heterocycles. The van der Waals surface area contributed by atoms with Gasteiger partial charge in [-0.2, -0.15) is 0 Å². The molecule has 0 unspecified atom stereocenters. The van der Waals surface area contributed by atoms with Gasteiger partial charge in [0.25, 0.3) is 0 Å². The standard InChI is InChI=1S/C12H6BrF3/c13-9-4-2-1-3-8(9)7-5-10(14)12(16)11(15)6-7/h1-6H. The Morgan fingerprint density at radius 3 is 2.00 bits per heavy atom. The van der Waals surface area contributed by atoms with Crippen molar-refractivity contribution in [2.24, 2.45) is 0 Å². The fourth-order valence-corrected chi connectivity index (χ4v) is 1.92. The first-order valence-corrected chi connectivity index (χ1v) is 5.28.